The number of carbonyl (C=O) groups excluding carboxylic acids is 1. The van der Waals surface area contributed by atoms with Crippen LogP contribution in [0.1, 0.15) is 5.56 Å². The van der Waals surface area contributed by atoms with Crippen LogP contribution >= 0.6 is 35.6 Å². The third-order valence-corrected chi connectivity index (χ3v) is 3.42. The summed E-state index contributed by atoms with van der Waals surface area (Å²) >= 11 is 11.9. The third kappa shape index (κ3) is 4.32. The van der Waals surface area contributed by atoms with E-state index in [0.29, 0.717) is 16.0 Å². The molecule has 1 aliphatic rings. The average Bonchev–Trinajstić information content (AvgIpc) is 2.21. The largest absolute Gasteiger partial charge is 0.355 e. The van der Waals surface area contributed by atoms with Gasteiger partial charge in [-0.2, -0.15) is 0 Å². The van der Waals surface area contributed by atoms with Crippen LogP contribution < -0.4 is 10.6 Å². The van der Waals surface area contributed by atoms with Crippen LogP contribution in [0.25, 0.3) is 0 Å². The summed E-state index contributed by atoms with van der Waals surface area (Å²) < 4.78 is 0. The minimum absolute atomic E-state index is 0. The Hall–Kier alpha value is -0.480. The first-order valence-electron chi connectivity index (χ1n) is 5.56. The number of carbonyl (C=O) groups is 1. The number of nitrogens with one attached hydrogen (secondary N) is 2. The first-order valence-corrected chi connectivity index (χ1v) is 6.32. The topological polar surface area (TPSA) is 41.1 Å². The van der Waals surface area contributed by atoms with Crippen molar-refractivity contribution >= 4 is 41.5 Å². The molecule has 100 valence electrons. The van der Waals surface area contributed by atoms with Gasteiger partial charge in [-0.25, -0.2) is 0 Å². The summed E-state index contributed by atoms with van der Waals surface area (Å²) in [5.74, 6) is 0.551. The van der Waals surface area contributed by atoms with E-state index in [9.17, 15) is 4.79 Å². The lowest BCUT2D eigenvalue weighted by Gasteiger charge is -2.27. The summed E-state index contributed by atoms with van der Waals surface area (Å²) in [7, 11) is 0. The van der Waals surface area contributed by atoms with E-state index in [0.717, 1.165) is 25.2 Å². The van der Waals surface area contributed by atoms with Crippen molar-refractivity contribution in [2.45, 2.75) is 6.42 Å². The van der Waals surface area contributed by atoms with Crippen molar-refractivity contribution in [3.8, 4) is 0 Å². The quantitative estimate of drug-likeness (QED) is 0.896. The van der Waals surface area contributed by atoms with Crippen molar-refractivity contribution in [2.24, 2.45) is 5.92 Å². The zero-order valence-corrected chi connectivity index (χ0v) is 12.0. The van der Waals surface area contributed by atoms with E-state index in [1.807, 2.05) is 0 Å². The zero-order valence-electron chi connectivity index (χ0n) is 9.71. The van der Waals surface area contributed by atoms with E-state index < -0.39 is 0 Å². The molecule has 2 rings (SSSR count). The molecule has 0 radical (unpaired) electrons. The molecule has 0 bridgehead atoms. The van der Waals surface area contributed by atoms with Crippen molar-refractivity contribution in [1.29, 1.82) is 0 Å². The van der Waals surface area contributed by atoms with Crippen LogP contribution in [0.3, 0.4) is 0 Å². The summed E-state index contributed by atoms with van der Waals surface area (Å²) in [5, 5.41) is 7.24. The molecule has 0 atom stereocenters. The highest BCUT2D eigenvalue weighted by Gasteiger charge is 2.17. The van der Waals surface area contributed by atoms with Crippen LogP contribution in [0.4, 0.5) is 0 Å². The van der Waals surface area contributed by atoms with Crippen LogP contribution in [-0.4, -0.2) is 25.5 Å². The number of benzene rings is 1. The molecule has 2 N–H and O–H groups in total. The SMILES string of the molecule is Cl.O=C(Cc1cc(Cl)ccc1Cl)NCC1CNC1. The molecule has 1 aromatic rings. The monoisotopic (exact) mass is 308 g/mol. The highest BCUT2D eigenvalue weighted by Crippen LogP contribution is 2.20. The molecule has 1 aliphatic heterocycles. The maximum Gasteiger partial charge on any atom is 0.224 e. The Labute approximate surface area is 123 Å². The first kappa shape index (κ1) is 15.6. The van der Waals surface area contributed by atoms with Gasteiger partial charge >= 0.3 is 0 Å². The molecule has 1 heterocycles. The molecule has 6 heteroatoms. The van der Waals surface area contributed by atoms with Gasteiger partial charge in [-0.3, -0.25) is 4.79 Å². The molecule has 0 aliphatic carbocycles. The smallest absolute Gasteiger partial charge is 0.224 e. The number of hydrogen-bond donors (Lipinski definition) is 2. The van der Waals surface area contributed by atoms with Gasteiger partial charge in [0.2, 0.25) is 5.91 Å². The molecular formula is C12H15Cl3N2O. The second kappa shape index (κ2) is 7.19. The Morgan fingerprint density at radius 1 is 1.39 bits per heavy atom. The molecule has 18 heavy (non-hydrogen) atoms. The van der Waals surface area contributed by atoms with Gasteiger partial charge in [0.1, 0.15) is 0 Å². The summed E-state index contributed by atoms with van der Waals surface area (Å²) in [4.78, 5) is 11.7. The van der Waals surface area contributed by atoms with E-state index in [4.69, 9.17) is 23.2 Å². The molecule has 1 aromatic carbocycles. The minimum atomic E-state index is -0.0129. The summed E-state index contributed by atoms with van der Waals surface area (Å²) in [6.45, 7) is 2.69. The van der Waals surface area contributed by atoms with Crippen molar-refractivity contribution in [3.05, 3.63) is 33.8 Å². The minimum Gasteiger partial charge on any atom is -0.355 e. The number of hydrogen-bond acceptors (Lipinski definition) is 2. The van der Waals surface area contributed by atoms with E-state index in [-0.39, 0.29) is 24.7 Å². The van der Waals surface area contributed by atoms with Crippen molar-refractivity contribution in [2.75, 3.05) is 19.6 Å². The predicted octanol–water partition coefficient (Wildman–Crippen LogP) is 2.29. The highest BCUT2D eigenvalue weighted by molar-refractivity contribution is 6.33. The standard InChI is InChI=1S/C12H14Cl2N2O.ClH/c13-10-1-2-11(14)9(3-10)4-12(17)16-7-8-5-15-6-8;/h1-3,8,15H,4-7H2,(H,16,17);1H. The molecule has 0 spiro atoms. The van der Waals surface area contributed by atoms with Gasteiger partial charge in [-0.15, -0.1) is 12.4 Å². The lowest BCUT2D eigenvalue weighted by molar-refractivity contribution is -0.120. The summed E-state index contributed by atoms with van der Waals surface area (Å²) in [5.41, 5.74) is 0.767. The van der Waals surface area contributed by atoms with Gasteiger partial charge in [-0.05, 0) is 23.8 Å². The van der Waals surface area contributed by atoms with Gasteiger partial charge < -0.3 is 10.6 Å². The Morgan fingerprint density at radius 3 is 2.72 bits per heavy atom. The molecule has 3 nitrogen and oxygen atoms in total. The van der Waals surface area contributed by atoms with Crippen LogP contribution in [0, 0.1) is 5.92 Å². The molecule has 1 fully saturated rings. The van der Waals surface area contributed by atoms with Crippen LogP contribution in [0.5, 0.6) is 0 Å². The summed E-state index contributed by atoms with van der Waals surface area (Å²) in [6.07, 6.45) is 0.277. The third-order valence-electron chi connectivity index (χ3n) is 2.81. The first-order chi connectivity index (χ1) is 8.15. The van der Waals surface area contributed by atoms with Gasteiger partial charge in [0.25, 0.3) is 0 Å². The normalized spacial score (nSPS) is 14.6. The van der Waals surface area contributed by atoms with Crippen LogP contribution in [-0.2, 0) is 11.2 Å². The fourth-order valence-corrected chi connectivity index (χ4v) is 2.04. The maximum absolute atomic E-state index is 11.7. The van der Waals surface area contributed by atoms with Gasteiger partial charge in [0, 0.05) is 35.6 Å². The number of rotatable bonds is 4. The van der Waals surface area contributed by atoms with E-state index in [1.165, 1.54) is 0 Å². The van der Waals surface area contributed by atoms with E-state index in [1.54, 1.807) is 18.2 Å². The second-order valence-electron chi connectivity index (χ2n) is 4.24. The molecule has 0 saturated carbocycles. The van der Waals surface area contributed by atoms with Crippen molar-refractivity contribution in [1.82, 2.24) is 10.6 Å². The van der Waals surface area contributed by atoms with Gasteiger partial charge in [0.05, 0.1) is 6.42 Å². The number of amides is 1. The predicted molar refractivity (Wildman–Crippen MR) is 76.8 cm³/mol. The summed E-state index contributed by atoms with van der Waals surface area (Å²) in [6, 6.07) is 5.15. The van der Waals surface area contributed by atoms with Crippen LogP contribution in [0.15, 0.2) is 18.2 Å². The molecule has 1 saturated heterocycles. The number of halogens is 3. The van der Waals surface area contributed by atoms with E-state index in [2.05, 4.69) is 10.6 Å². The van der Waals surface area contributed by atoms with Crippen LogP contribution in [0.2, 0.25) is 10.0 Å². The fraction of sp³-hybridized carbons (Fsp3) is 0.417. The molecule has 0 aromatic heterocycles. The lowest BCUT2D eigenvalue weighted by atomic mass is 10.0. The molecule has 1 amide bonds. The molecule has 0 unspecified atom stereocenters. The maximum atomic E-state index is 11.7. The highest BCUT2D eigenvalue weighted by atomic mass is 35.5. The lowest BCUT2D eigenvalue weighted by Crippen LogP contribution is -2.48. The van der Waals surface area contributed by atoms with Crippen molar-refractivity contribution in [3.63, 3.8) is 0 Å². The fourth-order valence-electron chi connectivity index (χ4n) is 1.67. The Bertz CT molecular complexity index is 422. The Balaban J connectivity index is 0.00000162. The van der Waals surface area contributed by atoms with Crippen molar-refractivity contribution < 1.29 is 4.79 Å². The van der Waals surface area contributed by atoms with Gasteiger partial charge in [-0.1, -0.05) is 23.2 Å². The van der Waals surface area contributed by atoms with Gasteiger partial charge in [0.15, 0.2) is 0 Å². The zero-order chi connectivity index (χ0) is 12.3. The average molecular weight is 310 g/mol. The molecular weight excluding hydrogens is 295 g/mol. The van der Waals surface area contributed by atoms with E-state index >= 15 is 0 Å². The second-order valence-corrected chi connectivity index (χ2v) is 5.08. The Kier molecular flexibility index (Phi) is 6.22. The Morgan fingerprint density at radius 2 is 2.11 bits per heavy atom.